The zero-order valence-corrected chi connectivity index (χ0v) is 11.7. The van der Waals surface area contributed by atoms with Crippen molar-refractivity contribution in [3.8, 4) is 0 Å². The number of nitrogens with zero attached hydrogens (tertiary/aromatic N) is 1. The highest BCUT2D eigenvalue weighted by Gasteiger charge is 2.32. The molecule has 0 bridgehead atoms. The van der Waals surface area contributed by atoms with Crippen LogP contribution in [0.25, 0.3) is 0 Å². The van der Waals surface area contributed by atoms with E-state index in [2.05, 4.69) is 18.7 Å². The Hall–Kier alpha value is -1.07. The summed E-state index contributed by atoms with van der Waals surface area (Å²) in [7, 11) is 0. The van der Waals surface area contributed by atoms with Crippen LogP contribution in [0.15, 0.2) is 24.3 Å². The summed E-state index contributed by atoms with van der Waals surface area (Å²) in [5.41, 5.74) is -0.386. The summed E-state index contributed by atoms with van der Waals surface area (Å²) in [5, 5.41) is 10.2. The molecule has 1 aromatic carbocycles. The molecule has 0 spiro atoms. The van der Waals surface area contributed by atoms with Crippen molar-refractivity contribution in [2.75, 3.05) is 13.1 Å². The fourth-order valence-corrected chi connectivity index (χ4v) is 2.89. The first-order chi connectivity index (χ1) is 9.27. The van der Waals surface area contributed by atoms with Gasteiger partial charge in [0.1, 0.15) is 0 Å². The number of aliphatic hydroxyl groups is 1. The van der Waals surface area contributed by atoms with Gasteiger partial charge < -0.3 is 5.11 Å². The van der Waals surface area contributed by atoms with E-state index in [1.165, 1.54) is 6.07 Å². The van der Waals surface area contributed by atoms with Gasteiger partial charge in [0.2, 0.25) is 0 Å². The molecule has 2 nitrogen and oxygen atoms in total. The minimum atomic E-state index is -4.37. The van der Waals surface area contributed by atoms with Crippen LogP contribution >= 0.6 is 0 Å². The summed E-state index contributed by atoms with van der Waals surface area (Å²) < 4.78 is 38.0. The highest BCUT2D eigenvalue weighted by molar-refractivity contribution is 5.27. The number of aliphatic hydroxyl groups excluding tert-OH is 1. The Balaban J connectivity index is 2.08. The Morgan fingerprint density at radius 1 is 1.35 bits per heavy atom. The molecule has 1 saturated heterocycles. The average molecular weight is 287 g/mol. The van der Waals surface area contributed by atoms with Crippen molar-refractivity contribution in [1.82, 2.24) is 4.90 Å². The molecule has 3 unspecified atom stereocenters. The van der Waals surface area contributed by atoms with Crippen LogP contribution in [0.1, 0.15) is 37.5 Å². The van der Waals surface area contributed by atoms with E-state index in [0.717, 1.165) is 25.1 Å². The van der Waals surface area contributed by atoms with Crippen LogP contribution < -0.4 is 0 Å². The molecule has 20 heavy (non-hydrogen) atoms. The van der Waals surface area contributed by atoms with Crippen LogP contribution in [0.4, 0.5) is 13.2 Å². The summed E-state index contributed by atoms with van der Waals surface area (Å²) in [6.45, 7) is 5.50. The second-order valence-corrected chi connectivity index (χ2v) is 5.78. The largest absolute Gasteiger partial charge is 0.416 e. The third kappa shape index (κ3) is 3.52. The first-order valence-electron chi connectivity index (χ1n) is 6.86. The summed E-state index contributed by atoms with van der Waals surface area (Å²) in [5.74, 6) is 0.568. The standard InChI is InChI=1S/C15H20F3NO/c1-10-6-11(2)19(8-10)9-14(20)12-4-3-5-13(7-12)15(16,17)18/h3-5,7,10-11,14,20H,6,8-9H2,1-2H3. The Morgan fingerprint density at radius 3 is 2.60 bits per heavy atom. The molecule has 112 valence electrons. The maximum Gasteiger partial charge on any atom is 0.416 e. The van der Waals surface area contributed by atoms with E-state index in [1.807, 2.05) is 0 Å². The van der Waals surface area contributed by atoms with Gasteiger partial charge in [0.15, 0.2) is 0 Å². The van der Waals surface area contributed by atoms with Gasteiger partial charge in [0.25, 0.3) is 0 Å². The van der Waals surface area contributed by atoms with Crippen molar-refractivity contribution >= 4 is 0 Å². The molecule has 1 aliphatic rings. The van der Waals surface area contributed by atoms with E-state index in [9.17, 15) is 18.3 Å². The highest BCUT2D eigenvalue weighted by atomic mass is 19.4. The normalized spacial score (nSPS) is 25.9. The Kier molecular flexibility index (Phi) is 4.39. The highest BCUT2D eigenvalue weighted by Crippen LogP contribution is 2.31. The number of likely N-dealkylation sites (tertiary alicyclic amines) is 1. The first-order valence-corrected chi connectivity index (χ1v) is 6.86. The number of hydrogen-bond acceptors (Lipinski definition) is 2. The van der Waals surface area contributed by atoms with Crippen molar-refractivity contribution in [2.24, 2.45) is 5.92 Å². The Bertz CT molecular complexity index is 461. The van der Waals surface area contributed by atoms with Gasteiger partial charge in [0, 0.05) is 19.1 Å². The molecule has 0 radical (unpaired) electrons. The molecule has 0 amide bonds. The lowest BCUT2D eigenvalue weighted by molar-refractivity contribution is -0.137. The van der Waals surface area contributed by atoms with Crippen LogP contribution in [0.2, 0.25) is 0 Å². The van der Waals surface area contributed by atoms with Crippen LogP contribution in [0.5, 0.6) is 0 Å². The van der Waals surface area contributed by atoms with E-state index in [0.29, 0.717) is 24.1 Å². The fraction of sp³-hybridized carbons (Fsp3) is 0.600. The quantitative estimate of drug-likeness (QED) is 0.920. The molecule has 1 fully saturated rings. The van der Waals surface area contributed by atoms with Gasteiger partial charge in [-0.2, -0.15) is 13.2 Å². The molecular weight excluding hydrogens is 267 g/mol. The zero-order chi connectivity index (χ0) is 14.9. The van der Waals surface area contributed by atoms with Crippen molar-refractivity contribution < 1.29 is 18.3 Å². The molecule has 1 aromatic rings. The summed E-state index contributed by atoms with van der Waals surface area (Å²) in [6.07, 6.45) is -4.19. The summed E-state index contributed by atoms with van der Waals surface area (Å²) >= 11 is 0. The maximum atomic E-state index is 12.7. The average Bonchev–Trinajstić information content (AvgIpc) is 2.67. The smallest absolute Gasteiger partial charge is 0.387 e. The van der Waals surface area contributed by atoms with Gasteiger partial charge >= 0.3 is 6.18 Å². The number of rotatable bonds is 3. The SMILES string of the molecule is CC1CC(C)N(CC(O)c2cccc(C(F)(F)F)c2)C1. The third-order valence-electron chi connectivity index (χ3n) is 3.92. The molecule has 5 heteroatoms. The van der Waals surface area contributed by atoms with Crippen molar-refractivity contribution in [1.29, 1.82) is 0 Å². The molecule has 2 rings (SSSR count). The fourth-order valence-electron chi connectivity index (χ4n) is 2.89. The molecule has 1 heterocycles. The van der Waals surface area contributed by atoms with Gasteiger partial charge in [-0.25, -0.2) is 0 Å². The van der Waals surface area contributed by atoms with Gasteiger partial charge in [-0.05, 0) is 37.0 Å². The van der Waals surface area contributed by atoms with Gasteiger partial charge in [0.05, 0.1) is 11.7 Å². The van der Waals surface area contributed by atoms with Gasteiger partial charge in [-0.15, -0.1) is 0 Å². The lowest BCUT2D eigenvalue weighted by Gasteiger charge is -2.24. The first kappa shape index (κ1) is 15.3. The minimum absolute atomic E-state index is 0.326. The van der Waals surface area contributed by atoms with Crippen molar-refractivity contribution in [2.45, 2.75) is 38.6 Å². The Labute approximate surface area is 117 Å². The Morgan fingerprint density at radius 2 is 2.05 bits per heavy atom. The summed E-state index contributed by atoms with van der Waals surface area (Å²) in [4.78, 5) is 2.13. The van der Waals surface area contributed by atoms with Crippen molar-refractivity contribution in [3.63, 3.8) is 0 Å². The monoisotopic (exact) mass is 287 g/mol. The lowest BCUT2D eigenvalue weighted by atomic mass is 10.1. The number of halogens is 3. The molecule has 3 atom stereocenters. The minimum Gasteiger partial charge on any atom is -0.387 e. The predicted octanol–water partition coefficient (Wildman–Crippen LogP) is 3.47. The molecule has 1 aliphatic heterocycles. The van der Waals surface area contributed by atoms with E-state index < -0.39 is 17.8 Å². The van der Waals surface area contributed by atoms with E-state index in [4.69, 9.17) is 0 Å². The predicted molar refractivity (Wildman–Crippen MR) is 71.2 cm³/mol. The number of hydrogen-bond donors (Lipinski definition) is 1. The topological polar surface area (TPSA) is 23.5 Å². The van der Waals surface area contributed by atoms with Gasteiger partial charge in [-0.3, -0.25) is 4.90 Å². The van der Waals surface area contributed by atoms with E-state index >= 15 is 0 Å². The number of benzene rings is 1. The molecule has 0 aliphatic carbocycles. The summed E-state index contributed by atoms with van der Waals surface area (Å²) in [6, 6.07) is 5.32. The second kappa shape index (κ2) is 5.74. The maximum absolute atomic E-state index is 12.7. The molecule has 1 N–H and O–H groups in total. The van der Waals surface area contributed by atoms with Crippen LogP contribution in [-0.4, -0.2) is 29.1 Å². The van der Waals surface area contributed by atoms with Crippen LogP contribution in [0, 0.1) is 5.92 Å². The zero-order valence-electron chi connectivity index (χ0n) is 11.7. The van der Waals surface area contributed by atoms with Gasteiger partial charge in [-0.1, -0.05) is 19.1 Å². The van der Waals surface area contributed by atoms with E-state index in [1.54, 1.807) is 6.07 Å². The molecular formula is C15H20F3NO. The number of alkyl halides is 3. The second-order valence-electron chi connectivity index (χ2n) is 5.78. The van der Waals surface area contributed by atoms with E-state index in [-0.39, 0.29) is 0 Å². The third-order valence-corrected chi connectivity index (χ3v) is 3.92. The lowest BCUT2D eigenvalue weighted by Crippen LogP contribution is -2.31. The molecule has 0 saturated carbocycles. The van der Waals surface area contributed by atoms with Crippen molar-refractivity contribution in [3.05, 3.63) is 35.4 Å². The van der Waals surface area contributed by atoms with Crippen LogP contribution in [0.3, 0.4) is 0 Å². The molecule has 0 aromatic heterocycles. The van der Waals surface area contributed by atoms with Crippen LogP contribution in [-0.2, 0) is 6.18 Å². The number of β-amino-alcohol motifs (C(OH)–C–C–N with tert-alkyl or cyclic N) is 1.